The van der Waals surface area contributed by atoms with Crippen LogP contribution in [0.25, 0.3) is 21.9 Å². The van der Waals surface area contributed by atoms with Crippen molar-refractivity contribution in [2.24, 2.45) is 5.41 Å². The molecule has 0 saturated carbocycles. The standard InChI is InChI=1S/C31H31ClN2O3/c1-20-6-9-23(17-27(20)32)22-10-7-21(8-11-22)19-34(28(35)18-31(2,3)4)29-26-13-12-25(30(36)37-5)16-24(26)14-15-33-29/h6-17H,18-19H2,1-5H3. The second-order valence-corrected chi connectivity index (χ2v) is 10.8. The van der Waals surface area contributed by atoms with Crippen LogP contribution in [0.5, 0.6) is 0 Å². The maximum atomic E-state index is 13.6. The largest absolute Gasteiger partial charge is 0.465 e. The van der Waals surface area contributed by atoms with Crippen molar-refractivity contribution in [3.63, 3.8) is 0 Å². The molecule has 5 nitrogen and oxygen atoms in total. The SMILES string of the molecule is COC(=O)c1ccc2c(N(Cc3ccc(-c4ccc(C)c(Cl)c4)cc3)C(=O)CC(C)(C)C)nccc2c1. The second kappa shape index (κ2) is 10.7. The first-order valence-corrected chi connectivity index (χ1v) is 12.6. The van der Waals surface area contributed by atoms with Crippen LogP contribution in [0.4, 0.5) is 5.82 Å². The van der Waals surface area contributed by atoms with Crippen molar-refractivity contribution in [1.82, 2.24) is 4.98 Å². The van der Waals surface area contributed by atoms with E-state index in [0.717, 1.165) is 38.0 Å². The average molecular weight is 515 g/mol. The zero-order valence-electron chi connectivity index (χ0n) is 21.8. The van der Waals surface area contributed by atoms with Gasteiger partial charge in [-0.3, -0.25) is 9.69 Å². The predicted molar refractivity (Wildman–Crippen MR) is 150 cm³/mol. The average Bonchev–Trinajstić information content (AvgIpc) is 2.87. The first kappa shape index (κ1) is 26.4. The molecule has 0 aliphatic rings. The molecule has 0 N–H and O–H groups in total. The smallest absolute Gasteiger partial charge is 0.337 e. The van der Waals surface area contributed by atoms with Crippen molar-refractivity contribution in [3.05, 3.63) is 94.6 Å². The molecule has 4 aromatic rings. The van der Waals surface area contributed by atoms with Gasteiger partial charge >= 0.3 is 5.97 Å². The number of hydrogen-bond donors (Lipinski definition) is 0. The normalized spacial score (nSPS) is 11.4. The predicted octanol–water partition coefficient (Wildman–Crippen LogP) is 7.62. The monoisotopic (exact) mass is 514 g/mol. The lowest BCUT2D eigenvalue weighted by Crippen LogP contribution is -2.34. The van der Waals surface area contributed by atoms with Gasteiger partial charge in [0, 0.05) is 23.0 Å². The van der Waals surface area contributed by atoms with Gasteiger partial charge in [0.2, 0.25) is 5.91 Å². The third-order valence-electron chi connectivity index (χ3n) is 6.20. The van der Waals surface area contributed by atoms with Crippen LogP contribution in [0.1, 0.15) is 48.7 Å². The number of nitrogens with zero attached hydrogens (tertiary/aromatic N) is 2. The fraction of sp³-hybridized carbons (Fsp3) is 0.258. The van der Waals surface area contributed by atoms with Crippen molar-refractivity contribution in [2.45, 2.75) is 40.7 Å². The highest BCUT2D eigenvalue weighted by Crippen LogP contribution is 2.31. The minimum Gasteiger partial charge on any atom is -0.465 e. The van der Waals surface area contributed by atoms with Gasteiger partial charge in [-0.05, 0) is 70.3 Å². The number of aryl methyl sites for hydroxylation is 1. The molecule has 0 saturated heterocycles. The van der Waals surface area contributed by atoms with E-state index in [0.29, 0.717) is 24.3 Å². The lowest BCUT2D eigenvalue weighted by molar-refractivity contribution is -0.120. The summed E-state index contributed by atoms with van der Waals surface area (Å²) in [6.07, 6.45) is 2.03. The van der Waals surface area contributed by atoms with Crippen LogP contribution in [0.2, 0.25) is 5.02 Å². The number of aromatic nitrogens is 1. The number of amides is 1. The van der Waals surface area contributed by atoms with Crippen LogP contribution in [0, 0.1) is 12.3 Å². The Labute approximate surface area is 223 Å². The summed E-state index contributed by atoms with van der Waals surface area (Å²) in [5.41, 5.74) is 4.38. The van der Waals surface area contributed by atoms with Crippen LogP contribution in [-0.2, 0) is 16.1 Å². The van der Waals surface area contributed by atoms with Gasteiger partial charge < -0.3 is 4.74 Å². The van der Waals surface area contributed by atoms with Crippen LogP contribution in [-0.4, -0.2) is 24.0 Å². The summed E-state index contributed by atoms with van der Waals surface area (Å²) in [6, 6.07) is 21.3. The molecule has 6 heteroatoms. The molecule has 37 heavy (non-hydrogen) atoms. The van der Waals surface area contributed by atoms with Crippen molar-refractivity contribution in [2.75, 3.05) is 12.0 Å². The lowest BCUT2D eigenvalue weighted by atomic mass is 9.91. The van der Waals surface area contributed by atoms with E-state index in [-0.39, 0.29) is 11.3 Å². The summed E-state index contributed by atoms with van der Waals surface area (Å²) in [5, 5.41) is 2.34. The Morgan fingerprint density at radius 1 is 0.946 bits per heavy atom. The second-order valence-electron chi connectivity index (χ2n) is 10.4. The maximum Gasteiger partial charge on any atom is 0.337 e. The summed E-state index contributed by atoms with van der Waals surface area (Å²) < 4.78 is 4.86. The van der Waals surface area contributed by atoms with E-state index in [4.69, 9.17) is 16.3 Å². The number of carbonyl (C=O) groups excluding carboxylic acids is 2. The van der Waals surface area contributed by atoms with Crippen molar-refractivity contribution in [1.29, 1.82) is 0 Å². The molecular weight excluding hydrogens is 484 g/mol. The minimum absolute atomic E-state index is 0.0149. The Morgan fingerprint density at radius 2 is 1.65 bits per heavy atom. The molecule has 3 aromatic carbocycles. The third kappa shape index (κ3) is 6.17. The van der Waals surface area contributed by atoms with Gasteiger partial charge in [0.05, 0.1) is 19.2 Å². The molecule has 0 aliphatic carbocycles. The van der Waals surface area contributed by atoms with Gasteiger partial charge in [-0.15, -0.1) is 0 Å². The third-order valence-corrected chi connectivity index (χ3v) is 6.61. The van der Waals surface area contributed by atoms with Gasteiger partial charge in [-0.25, -0.2) is 9.78 Å². The Bertz CT molecular complexity index is 1460. The Hall–Kier alpha value is -3.70. The number of methoxy groups -OCH3 is 1. The van der Waals surface area contributed by atoms with Crippen molar-refractivity contribution >= 4 is 40.1 Å². The summed E-state index contributed by atoms with van der Waals surface area (Å²) in [6.45, 7) is 8.49. The highest BCUT2D eigenvalue weighted by Gasteiger charge is 2.25. The Kier molecular flexibility index (Phi) is 7.65. The number of esters is 1. The van der Waals surface area contributed by atoms with Crippen LogP contribution >= 0.6 is 11.6 Å². The molecule has 1 heterocycles. The summed E-state index contributed by atoms with van der Waals surface area (Å²) >= 11 is 6.33. The number of fused-ring (bicyclic) bond motifs is 1. The molecule has 0 spiro atoms. The summed E-state index contributed by atoms with van der Waals surface area (Å²) in [7, 11) is 1.36. The highest BCUT2D eigenvalue weighted by atomic mass is 35.5. The van der Waals surface area contributed by atoms with E-state index in [2.05, 4.69) is 11.1 Å². The topological polar surface area (TPSA) is 59.5 Å². The molecule has 1 aromatic heterocycles. The van der Waals surface area contributed by atoms with Crippen molar-refractivity contribution in [3.8, 4) is 11.1 Å². The lowest BCUT2D eigenvalue weighted by Gasteiger charge is -2.27. The number of carbonyl (C=O) groups is 2. The minimum atomic E-state index is -0.407. The highest BCUT2D eigenvalue weighted by molar-refractivity contribution is 6.31. The van der Waals surface area contributed by atoms with Gasteiger partial charge in [0.1, 0.15) is 5.82 Å². The van der Waals surface area contributed by atoms with Crippen LogP contribution < -0.4 is 4.90 Å². The quantitative estimate of drug-likeness (QED) is 0.248. The zero-order valence-corrected chi connectivity index (χ0v) is 22.6. The van der Waals surface area contributed by atoms with E-state index in [1.165, 1.54) is 7.11 Å². The van der Waals surface area contributed by atoms with E-state index in [1.54, 1.807) is 23.2 Å². The van der Waals surface area contributed by atoms with Gasteiger partial charge in [-0.2, -0.15) is 0 Å². The van der Waals surface area contributed by atoms with E-state index in [1.807, 2.05) is 76.2 Å². The molecule has 0 radical (unpaired) electrons. The molecule has 0 fully saturated rings. The molecule has 0 bridgehead atoms. The van der Waals surface area contributed by atoms with Crippen molar-refractivity contribution < 1.29 is 14.3 Å². The Morgan fingerprint density at radius 3 is 2.30 bits per heavy atom. The maximum absolute atomic E-state index is 13.6. The number of hydrogen-bond acceptors (Lipinski definition) is 4. The number of anilines is 1. The Balaban J connectivity index is 1.71. The number of halogens is 1. The van der Waals surface area contributed by atoms with E-state index < -0.39 is 5.97 Å². The van der Waals surface area contributed by atoms with Crippen LogP contribution in [0.3, 0.4) is 0 Å². The molecule has 4 rings (SSSR count). The zero-order chi connectivity index (χ0) is 26.7. The van der Waals surface area contributed by atoms with E-state index >= 15 is 0 Å². The molecule has 0 unspecified atom stereocenters. The van der Waals surface area contributed by atoms with Gasteiger partial charge in [0.25, 0.3) is 0 Å². The fourth-order valence-corrected chi connectivity index (χ4v) is 4.39. The number of rotatable bonds is 6. The summed E-state index contributed by atoms with van der Waals surface area (Å²) in [4.78, 5) is 32.0. The molecular formula is C31H31ClN2O3. The number of pyridine rings is 1. The summed E-state index contributed by atoms with van der Waals surface area (Å²) in [5.74, 6) is 0.146. The number of ether oxygens (including phenoxy) is 1. The van der Waals surface area contributed by atoms with E-state index in [9.17, 15) is 9.59 Å². The van der Waals surface area contributed by atoms with Crippen LogP contribution in [0.15, 0.2) is 72.9 Å². The molecule has 0 atom stereocenters. The first-order valence-electron chi connectivity index (χ1n) is 12.2. The number of benzene rings is 3. The van der Waals surface area contributed by atoms with Gasteiger partial charge in [0.15, 0.2) is 0 Å². The fourth-order valence-electron chi connectivity index (χ4n) is 4.21. The molecule has 1 amide bonds. The first-order chi connectivity index (χ1) is 17.6. The molecule has 0 aliphatic heterocycles. The van der Waals surface area contributed by atoms with Gasteiger partial charge in [-0.1, -0.05) is 68.8 Å². The molecule has 190 valence electrons.